The summed E-state index contributed by atoms with van der Waals surface area (Å²) in [6.07, 6.45) is -11.3. The minimum absolute atomic E-state index is 0.0117. The van der Waals surface area contributed by atoms with Gasteiger partial charge in [-0.3, -0.25) is 4.79 Å². The van der Waals surface area contributed by atoms with Crippen LogP contribution in [0.1, 0.15) is 113 Å². The van der Waals surface area contributed by atoms with Crippen molar-refractivity contribution in [1.29, 1.82) is 0 Å². The first-order valence-corrected chi connectivity index (χ1v) is 23.7. The van der Waals surface area contributed by atoms with Gasteiger partial charge in [-0.2, -0.15) is 0 Å². The Hall–Kier alpha value is -1.39. The molecule has 0 spiro atoms. The number of carboxylic acid groups (broad SMARTS) is 1. The second-order valence-electron chi connectivity index (χ2n) is 22.9. The molecule has 17 heteroatoms. The third-order valence-corrected chi connectivity index (χ3v) is 19.1. The van der Waals surface area contributed by atoms with Crippen LogP contribution in [0.15, 0.2) is 11.6 Å². The Morgan fingerprint density at radius 2 is 1.39 bits per heavy atom. The maximum atomic E-state index is 13.1. The Labute approximate surface area is 376 Å². The molecule has 3 heterocycles. The van der Waals surface area contributed by atoms with Crippen molar-refractivity contribution in [3.05, 3.63) is 11.6 Å². The Kier molecular flexibility index (Phi) is 13.2. The van der Waals surface area contributed by atoms with Crippen LogP contribution in [0.5, 0.6) is 0 Å². The highest BCUT2D eigenvalue weighted by Gasteiger charge is 2.70. The van der Waals surface area contributed by atoms with Crippen molar-refractivity contribution in [3.8, 4) is 0 Å². The number of aliphatic carboxylic acids is 1. The van der Waals surface area contributed by atoms with Gasteiger partial charge in [0.05, 0.1) is 37.4 Å². The molecule has 4 saturated carbocycles. The lowest BCUT2D eigenvalue weighted by Crippen LogP contribution is -2.67. The lowest BCUT2D eigenvalue weighted by Gasteiger charge is -2.71. The lowest BCUT2D eigenvalue weighted by molar-refractivity contribution is -0.373. The summed E-state index contributed by atoms with van der Waals surface area (Å²) in [4.78, 5) is 13.1. The number of carbonyl (C=O) groups is 1. The summed E-state index contributed by atoms with van der Waals surface area (Å²) >= 11 is 0. The third-order valence-electron chi connectivity index (χ3n) is 19.1. The highest BCUT2D eigenvalue weighted by Crippen LogP contribution is 2.76. The quantitative estimate of drug-likeness (QED) is 0.116. The van der Waals surface area contributed by atoms with Crippen molar-refractivity contribution < 1.29 is 84.3 Å². The van der Waals surface area contributed by atoms with Crippen molar-refractivity contribution in [2.45, 2.75) is 205 Å². The molecule has 10 N–H and O–H groups in total. The van der Waals surface area contributed by atoms with Gasteiger partial charge >= 0.3 is 5.97 Å². The Balaban J connectivity index is 0.941. The summed E-state index contributed by atoms with van der Waals surface area (Å²) in [6.45, 7) is 14.2. The minimum Gasteiger partial charge on any atom is -0.481 e. The van der Waals surface area contributed by atoms with Crippen LogP contribution in [0.4, 0.5) is 0 Å². The number of allylic oxidation sites excluding steroid dienone is 2. The van der Waals surface area contributed by atoms with Crippen molar-refractivity contribution in [1.82, 2.24) is 0 Å². The summed E-state index contributed by atoms with van der Waals surface area (Å²) in [5.74, 6) is -0.300. The van der Waals surface area contributed by atoms with Gasteiger partial charge in [0.15, 0.2) is 18.9 Å². The number of aliphatic hydroxyl groups excluding tert-OH is 9. The third kappa shape index (κ3) is 7.49. The number of rotatable bonds is 9. The zero-order chi connectivity index (χ0) is 46.7. The molecule has 366 valence electrons. The van der Waals surface area contributed by atoms with Gasteiger partial charge in [0.2, 0.25) is 0 Å². The van der Waals surface area contributed by atoms with E-state index in [0.717, 1.165) is 44.9 Å². The largest absolute Gasteiger partial charge is 0.481 e. The van der Waals surface area contributed by atoms with Crippen molar-refractivity contribution >= 4 is 5.97 Å². The summed E-state index contributed by atoms with van der Waals surface area (Å²) in [5.41, 5.74) is -0.436. The summed E-state index contributed by atoms with van der Waals surface area (Å²) in [5, 5.41) is 108. The van der Waals surface area contributed by atoms with Gasteiger partial charge in [0, 0.05) is 5.41 Å². The monoisotopic (exact) mass is 913 g/mol. The standard InChI is InChI=1S/C47H76O17/c1-22-30(50)37(64-39-35(55)33(53)31(51)25(19-48)61-39)36(56)40(60-22)62-26-20-59-38(34(54)32(26)52)63-29-11-12-43(4)27(44(29,5)21-49)10-13-46(7)28(43)9-8-23-24-18-42(2,3)14-16-47(24,41(57)58)17-15-45(23,46)6/h8,22,24-40,48-56H,9-21H2,1-7H3,(H,57,58)/t22-,24-,25+,26+,27+,28+,29-,30-,31+,32-,33-,34+,35+,36+,37+,38-,39-,40-,43-,44-,45+,46+,47-/m0/s1. The maximum Gasteiger partial charge on any atom is 0.310 e. The van der Waals surface area contributed by atoms with E-state index in [0.29, 0.717) is 19.3 Å². The number of carboxylic acids is 1. The van der Waals surface area contributed by atoms with Crippen LogP contribution in [0.2, 0.25) is 0 Å². The van der Waals surface area contributed by atoms with E-state index in [1.807, 2.05) is 0 Å². The minimum atomic E-state index is -1.80. The van der Waals surface area contributed by atoms with Gasteiger partial charge in [-0.1, -0.05) is 53.2 Å². The Morgan fingerprint density at radius 1 is 0.719 bits per heavy atom. The summed E-state index contributed by atoms with van der Waals surface area (Å²) < 4.78 is 35.4. The number of aliphatic hydroxyl groups is 9. The van der Waals surface area contributed by atoms with Crippen LogP contribution in [-0.2, 0) is 33.2 Å². The van der Waals surface area contributed by atoms with Crippen LogP contribution in [0, 0.1) is 50.2 Å². The van der Waals surface area contributed by atoms with E-state index in [4.69, 9.17) is 28.4 Å². The molecular weight excluding hydrogens is 837 g/mol. The molecule has 8 rings (SSSR count). The fourth-order valence-electron chi connectivity index (χ4n) is 14.8. The van der Waals surface area contributed by atoms with Gasteiger partial charge in [0.1, 0.15) is 61.0 Å². The topological polar surface area (TPSA) is 275 Å². The molecule has 0 radical (unpaired) electrons. The van der Waals surface area contributed by atoms with Crippen LogP contribution in [-0.4, -0.2) is 169 Å². The van der Waals surface area contributed by atoms with E-state index in [1.54, 1.807) is 0 Å². The highest BCUT2D eigenvalue weighted by molar-refractivity contribution is 5.76. The molecule has 0 bridgehead atoms. The van der Waals surface area contributed by atoms with Crippen LogP contribution < -0.4 is 0 Å². The number of hydrogen-bond acceptors (Lipinski definition) is 16. The van der Waals surface area contributed by atoms with Crippen LogP contribution >= 0.6 is 0 Å². The average Bonchev–Trinajstić information content (AvgIpc) is 3.24. The van der Waals surface area contributed by atoms with Gasteiger partial charge in [-0.05, 0) is 111 Å². The SMILES string of the molecule is C[C@@H]1O[C@@H](O[C@@H]2CO[C@@H](O[C@H]3CC[C@@]4(C)[C@@H](CC[C@]5(C)[C@@H]4CC=C4[C@@H]6CC(C)(C)CC[C@]6(C(=O)O)CC[C@]45C)[C@]3(C)CO)[C@H](O)[C@H]2O)[C@H](O)[C@H](O[C@@H]2O[C@H](CO)[C@@H](O)[C@H](O)[C@H]2O)[C@H]1O. The molecule has 23 atom stereocenters. The van der Waals surface area contributed by atoms with Crippen LogP contribution in [0.25, 0.3) is 0 Å². The predicted octanol–water partition coefficient (Wildman–Crippen LogP) is 1.35. The molecular formula is C47H76O17. The number of fused-ring (bicyclic) bond motifs is 7. The zero-order valence-electron chi connectivity index (χ0n) is 38.5. The molecule has 0 aromatic carbocycles. The van der Waals surface area contributed by atoms with Crippen molar-refractivity contribution in [3.63, 3.8) is 0 Å². The first kappa shape index (κ1) is 49.0. The van der Waals surface area contributed by atoms with E-state index in [-0.39, 0.29) is 52.6 Å². The molecule has 64 heavy (non-hydrogen) atoms. The first-order valence-electron chi connectivity index (χ1n) is 23.7. The molecule has 17 nitrogen and oxygen atoms in total. The molecule has 0 amide bonds. The van der Waals surface area contributed by atoms with E-state index in [9.17, 15) is 55.9 Å². The molecule has 8 aliphatic rings. The van der Waals surface area contributed by atoms with Crippen molar-refractivity contribution in [2.75, 3.05) is 19.8 Å². The highest BCUT2D eigenvalue weighted by atomic mass is 16.8. The average molecular weight is 913 g/mol. The fourth-order valence-corrected chi connectivity index (χ4v) is 14.8. The van der Waals surface area contributed by atoms with Gasteiger partial charge in [-0.15, -0.1) is 0 Å². The van der Waals surface area contributed by atoms with E-state index >= 15 is 0 Å². The zero-order valence-corrected chi connectivity index (χ0v) is 38.5. The normalized spacial score (nSPS) is 55.0. The second-order valence-corrected chi connectivity index (χ2v) is 22.9. The molecule has 7 fully saturated rings. The number of hydrogen-bond donors (Lipinski definition) is 10. The predicted molar refractivity (Wildman–Crippen MR) is 225 cm³/mol. The first-order chi connectivity index (χ1) is 29.9. The van der Waals surface area contributed by atoms with Gasteiger partial charge in [0.25, 0.3) is 0 Å². The van der Waals surface area contributed by atoms with E-state index in [1.165, 1.54) is 12.5 Å². The second kappa shape index (κ2) is 17.2. The molecule has 3 saturated heterocycles. The van der Waals surface area contributed by atoms with Gasteiger partial charge < -0.3 is 79.5 Å². The van der Waals surface area contributed by atoms with E-state index < -0.39 is 116 Å². The number of ether oxygens (including phenoxy) is 6. The van der Waals surface area contributed by atoms with Gasteiger partial charge in [-0.25, -0.2) is 0 Å². The van der Waals surface area contributed by atoms with Crippen LogP contribution in [0.3, 0.4) is 0 Å². The molecule has 0 aromatic rings. The summed E-state index contributed by atoms with van der Waals surface area (Å²) in [7, 11) is 0. The lowest BCUT2D eigenvalue weighted by atomic mass is 9.33. The smallest absolute Gasteiger partial charge is 0.310 e. The maximum absolute atomic E-state index is 13.1. The molecule has 3 aliphatic heterocycles. The fraction of sp³-hybridized carbons (Fsp3) is 0.936. The molecule has 0 unspecified atom stereocenters. The molecule has 5 aliphatic carbocycles. The van der Waals surface area contributed by atoms with Crippen molar-refractivity contribution in [2.24, 2.45) is 50.2 Å². The summed E-state index contributed by atoms with van der Waals surface area (Å²) in [6, 6.07) is 0. The van der Waals surface area contributed by atoms with E-state index in [2.05, 4.69) is 47.6 Å². The Morgan fingerprint density at radius 3 is 2.06 bits per heavy atom. The Bertz CT molecular complexity index is 1750. The molecule has 0 aromatic heterocycles.